The van der Waals surface area contributed by atoms with E-state index in [-0.39, 0.29) is 10.3 Å². The predicted octanol–water partition coefficient (Wildman–Crippen LogP) is 3.51. The lowest BCUT2D eigenvalue weighted by atomic mass is 10.0. The summed E-state index contributed by atoms with van der Waals surface area (Å²) in [5.41, 5.74) is 3.83. The number of likely N-dealkylation sites (N-methyl/N-ethyl adjacent to an activating group) is 1. The lowest BCUT2D eigenvalue weighted by Gasteiger charge is -2.28. The van der Waals surface area contributed by atoms with Crippen molar-refractivity contribution in [1.29, 1.82) is 0 Å². The van der Waals surface area contributed by atoms with Gasteiger partial charge >= 0.3 is 0 Å². The number of likely N-dealkylation sites (tertiary alicyclic amines) is 1. The Morgan fingerprint density at radius 3 is 2.67 bits per heavy atom. The van der Waals surface area contributed by atoms with Gasteiger partial charge in [0.2, 0.25) is 10.0 Å². The molecule has 8 heteroatoms. The number of fused-ring (bicyclic) bond motifs is 1. The van der Waals surface area contributed by atoms with Gasteiger partial charge in [0.05, 0.1) is 4.34 Å². The minimum atomic E-state index is -3.54. The monoisotopic (exact) mass is 425 g/mol. The number of anilines is 1. The highest BCUT2D eigenvalue weighted by Gasteiger charge is 2.27. The Bertz CT molecular complexity index is 923. The van der Waals surface area contributed by atoms with Gasteiger partial charge in [0.1, 0.15) is 4.21 Å². The second-order valence-corrected chi connectivity index (χ2v) is 10.9. The minimum absolute atomic E-state index is 0.0499. The molecule has 3 heterocycles. The Morgan fingerprint density at radius 1 is 1.19 bits per heavy atom. The smallest absolute Gasteiger partial charge is 0.250 e. The first-order valence-corrected chi connectivity index (χ1v) is 11.9. The lowest BCUT2D eigenvalue weighted by molar-refractivity contribution is 0.246. The van der Waals surface area contributed by atoms with Crippen molar-refractivity contribution in [2.24, 2.45) is 0 Å². The van der Waals surface area contributed by atoms with Crippen LogP contribution in [0, 0.1) is 0 Å². The predicted molar refractivity (Wildman–Crippen MR) is 111 cm³/mol. The molecule has 4 rings (SSSR count). The van der Waals surface area contributed by atoms with Crippen LogP contribution in [-0.2, 0) is 16.4 Å². The van der Waals surface area contributed by atoms with Gasteiger partial charge in [-0.3, -0.25) is 4.90 Å². The second-order valence-electron chi connectivity index (χ2n) is 7.23. The molecule has 0 aliphatic carbocycles. The maximum Gasteiger partial charge on any atom is 0.250 e. The molecule has 0 saturated carbocycles. The third-order valence-electron chi connectivity index (χ3n) is 5.48. The molecule has 1 aromatic heterocycles. The fourth-order valence-corrected chi connectivity index (χ4v) is 6.57. The van der Waals surface area contributed by atoms with Crippen molar-refractivity contribution >= 4 is 38.6 Å². The average Bonchev–Trinajstić information content (AvgIpc) is 3.38. The molecule has 1 unspecified atom stereocenters. The van der Waals surface area contributed by atoms with Gasteiger partial charge in [-0.05, 0) is 61.7 Å². The molecule has 1 N–H and O–H groups in total. The lowest BCUT2D eigenvalue weighted by Crippen LogP contribution is -2.36. The van der Waals surface area contributed by atoms with Gasteiger partial charge in [-0.2, -0.15) is 0 Å². The molecule has 146 valence electrons. The number of benzene rings is 1. The van der Waals surface area contributed by atoms with E-state index in [1.807, 2.05) is 0 Å². The van der Waals surface area contributed by atoms with E-state index in [1.54, 1.807) is 12.1 Å². The van der Waals surface area contributed by atoms with Crippen LogP contribution in [-0.4, -0.2) is 46.5 Å². The zero-order chi connectivity index (χ0) is 19.0. The SMILES string of the molecule is CN1CCc2cc(C(CNS(=O)(=O)c3ccc(Cl)s3)N3CCCC3)ccc21. The van der Waals surface area contributed by atoms with E-state index in [2.05, 4.69) is 39.8 Å². The standard InChI is InChI=1S/C19H24ClN3O2S2/c1-22-11-8-15-12-14(4-5-16(15)22)17(23-9-2-3-10-23)13-21-27(24,25)19-7-6-18(20)26-19/h4-7,12,17,21H,2-3,8-11,13H2,1H3. The summed E-state index contributed by atoms with van der Waals surface area (Å²) in [6, 6.07) is 9.82. The third kappa shape index (κ3) is 4.03. The number of halogens is 1. The molecular weight excluding hydrogens is 402 g/mol. The summed E-state index contributed by atoms with van der Waals surface area (Å²) in [7, 11) is -1.43. The van der Waals surface area contributed by atoms with Crippen LogP contribution in [0.4, 0.5) is 5.69 Å². The van der Waals surface area contributed by atoms with Crippen molar-refractivity contribution < 1.29 is 8.42 Å². The summed E-state index contributed by atoms with van der Waals surface area (Å²) in [5, 5.41) is 0. The molecule has 0 amide bonds. The van der Waals surface area contributed by atoms with Gasteiger partial charge in [0.15, 0.2) is 0 Å². The molecule has 1 aromatic carbocycles. The van der Waals surface area contributed by atoms with Crippen molar-refractivity contribution in [1.82, 2.24) is 9.62 Å². The number of rotatable bonds is 6. The molecule has 27 heavy (non-hydrogen) atoms. The molecule has 1 fully saturated rings. The number of hydrogen-bond acceptors (Lipinski definition) is 5. The van der Waals surface area contributed by atoms with Gasteiger partial charge in [-0.25, -0.2) is 13.1 Å². The van der Waals surface area contributed by atoms with Crippen molar-refractivity contribution in [2.75, 3.05) is 38.1 Å². The summed E-state index contributed by atoms with van der Waals surface area (Å²) in [5.74, 6) is 0. The quantitative estimate of drug-likeness (QED) is 0.769. The van der Waals surface area contributed by atoms with E-state index in [1.165, 1.54) is 16.8 Å². The minimum Gasteiger partial charge on any atom is -0.374 e. The van der Waals surface area contributed by atoms with Crippen molar-refractivity contribution in [3.05, 3.63) is 45.8 Å². The maximum atomic E-state index is 12.6. The molecule has 1 saturated heterocycles. The molecule has 2 aliphatic heterocycles. The summed E-state index contributed by atoms with van der Waals surface area (Å²) in [6.45, 7) is 3.42. The Hall–Kier alpha value is -1.12. The fourth-order valence-electron chi connectivity index (χ4n) is 4.01. The Balaban J connectivity index is 1.57. The van der Waals surface area contributed by atoms with Crippen LogP contribution in [0.25, 0.3) is 0 Å². The van der Waals surface area contributed by atoms with Gasteiger partial charge in [0.25, 0.3) is 0 Å². The van der Waals surface area contributed by atoms with Crippen LogP contribution in [0.5, 0.6) is 0 Å². The highest BCUT2D eigenvalue weighted by Crippen LogP contribution is 2.33. The van der Waals surface area contributed by atoms with Gasteiger partial charge in [-0.15, -0.1) is 11.3 Å². The summed E-state index contributed by atoms with van der Waals surface area (Å²) < 4.78 is 28.8. The van der Waals surface area contributed by atoms with Crippen molar-refractivity contribution in [3.63, 3.8) is 0 Å². The number of sulfonamides is 1. The number of nitrogens with zero attached hydrogens (tertiary/aromatic N) is 2. The highest BCUT2D eigenvalue weighted by molar-refractivity contribution is 7.91. The largest absolute Gasteiger partial charge is 0.374 e. The summed E-state index contributed by atoms with van der Waals surface area (Å²) in [4.78, 5) is 4.66. The van der Waals surface area contributed by atoms with E-state index in [9.17, 15) is 8.42 Å². The van der Waals surface area contributed by atoms with Crippen molar-refractivity contribution in [3.8, 4) is 0 Å². The Morgan fingerprint density at radius 2 is 1.96 bits per heavy atom. The molecule has 0 bridgehead atoms. The normalized spacial score (nSPS) is 18.8. The summed E-state index contributed by atoms with van der Waals surface area (Å²) >= 11 is 7.00. The molecule has 5 nitrogen and oxygen atoms in total. The van der Waals surface area contributed by atoms with Crippen LogP contribution < -0.4 is 9.62 Å². The number of hydrogen-bond donors (Lipinski definition) is 1. The molecule has 0 spiro atoms. The van der Waals surface area contributed by atoms with Gasteiger partial charge in [-0.1, -0.05) is 23.7 Å². The molecule has 2 aliphatic rings. The van der Waals surface area contributed by atoms with E-state index >= 15 is 0 Å². The van der Waals surface area contributed by atoms with E-state index in [4.69, 9.17) is 11.6 Å². The van der Waals surface area contributed by atoms with Crippen LogP contribution in [0.1, 0.15) is 30.0 Å². The van der Waals surface area contributed by atoms with Crippen LogP contribution in [0.3, 0.4) is 0 Å². The van der Waals surface area contributed by atoms with Crippen molar-refractivity contribution in [2.45, 2.75) is 29.5 Å². The average molecular weight is 426 g/mol. The fraction of sp³-hybridized carbons (Fsp3) is 0.474. The molecule has 2 aromatic rings. The number of nitrogens with one attached hydrogen (secondary N) is 1. The number of thiophene rings is 1. The first kappa shape index (κ1) is 19.2. The summed E-state index contributed by atoms with van der Waals surface area (Å²) in [6.07, 6.45) is 3.38. The van der Waals surface area contributed by atoms with E-state index in [0.717, 1.165) is 50.2 Å². The molecule has 1 atom stereocenters. The zero-order valence-electron chi connectivity index (χ0n) is 15.3. The Labute approximate surface area is 170 Å². The highest BCUT2D eigenvalue weighted by atomic mass is 35.5. The first-order chi connectivity index (χ1) is 12.9. The van der Waals surface area contributed by atoms with Crippen LogP contribution in [0.15, 0.2) is 34.5 Å². The molecule has 0 radical (unpaired) electrons. The second kappa shape index (κ2) is 7.72. The first-order valence-electron chi connectivity index (χ1n) is 9.27. The zero-order valence-corrected chi connectivity index (χ0v) is 17.7. The topological polar surface area (TPSA) is 52.7 Å². The van der Waals surface area contributed by atoms with Crippen LogP contribution in [0.2, 0.25) is 4.34 Å². The van der Waals surface area contributed by atoms with E-state index < -0.39 is 10.0 Å². The Kier molecular flexibility index (Phi) is 5.49. The van der Waals surface area contributed by atoms with Gasteiger partial charge < -0.3 is 4.90 Å². The third-order valence-corrected chi connectivity index (χ3v) is 8.62. The molecular formula is C19H24ClN3O2S2. The van der Waals surface area contributed by atoms with E-state index in [0.29, 0.717) is 10.9 Å². The maximum absolute atomic E-state index is 12.6. The van der Waals surface area contributed by atoms with Crippen LogP contribution >= 0.6 is 22.9 Å². The van der Waals surface area contributed by atoms with Gasteiger partial charge in [0, 0.05) is 31.9 Å².